The summed E-state index contributed by atoms with van der Waals surface area (Å²) < 4.78 is 25.1. The molecule has 3 rings (SSSR count). The zero-order chi connectivity index (χ0) is 17.2. The van der Waals surface area contributed by atoms with Crippen LogP contribution in [0.25, 0.3) is 0 Å². The van der Waals surface area contributed by atoms with Crippen molar-refractivity contribution in [2.75, 3.05) is 18.8 Å². The standard InChI is InChI=1S/C18H26N2O3S.ClH/c19-13-16-6-1-2-10-20(16)18(21)9-11-24(22,23)17-8-7-14-4-3-5-15(14)12-17;/h7-8,12,16H,1-6,9-11,13,19H2;1H. The van der Waals surface area contributed by atoms with Crippen LogP contribution >= 0.6 is 12.4 Å². The van der Waals surface area contributed by atoms with Crippen molar-refractivity contribution in [2.24, 2.45) is 5.73 Å². The minimum atomic E-state index is -3.42. The number of fused-ring (bicyclic) bond motifs is 1. The maximum Gasteiger partial charge on any atom is 0.223 e. The fourth-order valence-corrected chi connectivity index (χ4v) is 5.07. The zero-order valence-corrected chi connectivity index (χ0v) is 16.1. The van der Waals surface area contributed by atoms with E-state index in [2.05, 4.69) is 0 Å². The summed E-state index contributed by atoms with van der Waals surface area (Å²) in [6.45, 7) is 1.14. The number of piperidine rings is 1. The number of aryl methyl sites for hydroxylation is 2. The maximum absolute atomic E-state index is 12.6. The van der Waals surface area contributed by atoms with Crippen molar-refractivity contribution < 1.29 is 13.2 Å². The monoisotopic (exact) mass is 386 g/mol. The van der Waals surface area contributed by atoms with Gasteiger partial charge in [0.25, 0.3) is 0 Å². The molecule has 2 N–H and O–H groups in total. The molecule has 0 radical (unpaired) electrons. The van der Waals surface area contributed by atoms with Gasteiger partial charge in [-0.3, -0.25) is 4.79 Å². The molecule has 1 fully saturated rings. The van der Waals surface area contributed by atoms with Crippen LogP contribution in [0.3, 0.4) is 0 Å². The third-order valence-corrected chi connectivity index (χ3v) is 6.95. The molecule has 0 spiro atoms. The van der Waals surface area contributed by atoms with E-state index >= 15 is 0 Å². The van der Waals surface area contributed by atoms with Crippen molar-refractivity contribution in [3.63, 3.8) is 0 Å². The lowest BCUT2D eigenvalue weighted by Gasteiger charge is -2.35. The van der Waals surface area contributed by atoms with E-state index < -0.39 is 9.84 Å². The first-order valence-electron chi connectivity index (χ1n) is 8.85. The van der Waals surface area contributed by atoms with Crippen molar-refractivity contribution in [3.8, 4) is 0 Å². The second kappa shape index (κ2) is 8.52. The normalized spacial score (nSPS) is 20.0. The highest BCUT2D eigenvalue weighted by Crippen LogP contribution is 2.25. The van der Waals surface area contributed by atoms with E-state index in [1.807, 2.05) is 6.07 Å². The summed E-state index contributed by atoms with van der Waals surface area (Å²) >= 11 is 0. The summed E-state index contributed by atoms with van der Waals surface area (Å²) in [6, 6.07) is 5.47. The highest BCUT2D eigenvalue weighted by Gasteiger charge is 2.27. The van der Waals surface area contributed by atoms with E-state index in [0.717, 1.165) is 44.1 Å². The Hall–Kier alpha value is -1.11. The summed E-state index contributed by atoms with van der Waals surface area (Å²) in [5.41, 5.74) is 8.14. The van der Waals surface area contributed by atoms with Gasteiger partial charge in [-0.1, -0.05) is 6.07 Å². The van der Waals surface area contributed by atoms with Crippen LogP contribution in [0.1, 0.15) is 43.2 Å². The third-order valence-electron chi connectivity index (χ3n) is 5.23. The molecule has 25 heavy (non-hydrogen) atoms. The van der Waals surface area contributed by atoms with E-state index in [1.165, 1.54) is 5.56 Å². The van der Waals surface area contributed by atoms with Gasteiger partial charge in [0.05, 0.1) is 10.6 Å². The molecule has 1 heterocycles. The van der Waals surface area contributed by atoms with Crippen molar-refractivity contribution in [1.29, 1.82) is 0 Å². The first-order valence-corrected chi connectivity index (χ1v) is 10.5. The molecule has 0 bridgehead atoms. The summed E-state index contributed by atoms with van der Waals surface area (Å²) in [5.74, 6) is -0.215. The molecule has 1 saturated heterocycles. The van der Waals surface area contributed by atoms with E-state index in [1.54, 1.807) is 17.0 Å². The molecule has 5 nitrogen and oxygen atoms in total. The lowest BCUT2D eigenvalue weighted by molar-refractivity contribution is -0.134. The van der Waals surface area contributed by atoms with Crippen LogP contribution in [0.2, 0.25) is 0 Å². The van der Waals surface area contributed by atoms with Gasteiger partial charge in [-0.15, -0.1) is 12.4 Å². The van der Waals surface area contributed by atoms with Crippen molar-refractivity contribution in [2.45, 2.75) is 55.9 Å². The Bertz CT molecular complexity index is 721. The summed E-state index contributed by atoms with van der Waals surface area (Å²) in [7, 11) is -3.42. The minimum Gasteiger partial charge on any atom is -0.338 e. The number of likely N-dealkylation sites (tertiary alicyclic amines) is 1. The van der Waals surface area contributed by atoms with Crippen LogP contribution < -0.4 is 5.73 Å². The molecule has 1 atom stereocenters. The molecule has 0 saturated carbocycles. The van der Waals surface area contributed by atoms with Gasteiger partial charge in [0, 0.05) is 25.6 Å². The molecule has 1 aromatic carbocycles. The number of hydrogen-bond acceptors (Lipinski definition) is 4. The van der Waals surface area contributed by atoms with Crippen LogP contribution in [0, 0.1) is 0 Å². The Labute approximate surface area is 156 Å². The average Bonchev–Trinajstić information content (AvgIpc) is 3.07. The number of rotatable bonds is 5. The van der Waals surface area contributed by atoms with Crippen molar-refractivity contribution >= 4 is 28.2 Å². The predicted octanol–water partition coefficient (Wildman–Crippen LogP) is 2.10. The van der Waals surface area contributed by atoms with Gasteiger partial charge in [-0.25, -0.2) is 8.42 Å². The lowest BCUT2D eigenvalue weighted by atomic mass is 10.0. The zero-order valence-electron chi connectivity index (χ0n) is 14.4. The van der Waals surface area contributed by atoms with E-state index in [9.17, 15) is 13.2 Å². The summed E-state index contributed by atoms with van der Waals surface area (Å²) in [6.07, 6.45) is 6.08. The van der Waals surface area contributed by atoms with Gasteiger partial charge < -0.3 is 10.6 Å². The Morgan fingerprint density at radius 1 is 1.16 bits per heavy atom. The number of carbonyl (C=O) groups is 1. The summed E-state index contributed by atoms with van der Waals surface area (Å²) in [5, 5.41) is 0. The predicted molar refractivity (Wildman–Crippen MR) is 101 cm³/mol. The Morgan fingerprint density at radius 3 is 2.68 bits per heavy atom. The van der Waals surface area contributed by atoms with Gasteiger partial charge in [0.2, 0.25) is 5.91 Å². The molecule has 1 unspecified atom stereocenters. The number of nitrogens with two attached hydrogens (primary N) is 1. The van der Waals surface area contributed by atoms with Gasteiger partial charge in [0.15, 0.2) is 9.84 Å². The molecular formula is C18H27ClN2O3S. The SMILES string of the molecule is Cl.NCC1CCCCN1C(=O)CCS(=O)(=O)c1ccc2c(c1)CCC2. The summed E-state index contributed by atoms with van der Waals surface area (Å²) in [4.78, 5) is 14.6. The van der Waals surface area contributed by atoms with Gasteiger partial charge in [-0.2, -0.15) is 0 Å². The van der Waals surface area contributed by atoms with Gasteiger partial charge in [0.1, 0.15) is 0 Å². The number of sulfone groups is 1. The Morgan fingerprint density at radius 2 is 1.92 bits per heavy atom. The van der Waals surface area contributed by atoms with Crippen LogP contribution in [0.4, 0.5) is 0 Å². The van der Waals surface area contributed by atoms with Crippen LogP contribution in [-0.4, -0.2) is 44.1 Å². The Kier molecular flexibility index (Phi) is 6.88. The van der Waals surface area contributed by atoms with Crippen molar-refractivity contribution in [1.82, 2.24) is 4.90 Å². The fourth-order valence-electron chi connectivity index (χ4n) is 3.80. The van der Waals surface area contributed by atoms with Crippen LogP contribution in [0.15, 0.2) is 23.1 Å². The highest BCUT2D eigenvalue weighted by molar-refractivity contribution is 7.91. The maximum atomic E-state index is 12.6. The molecule has 0 aromatic heterocycles. The number of hydrogen-bond donors (Lipinski definition) is 1. The number of carbonyl (C=O) groups excluding carboxylic acids is 1. The van der Waals surface area contributed by atoms with Gasteiger partial charge in [-0.05, 0) is 61.8 Å². The molecule has 1 aliphatic heterocycles. The number of benzene rings is 1. The molecule has 140 valence electrons. The van der Waals surface area contributed by atoms with E-state index in [0.29, 0.717) is 18.0 Å². The molecule has 1 amide bonds. The fraction of sp³-hybridized carbons (Fsp3) is 0.611. The smallest absolute Gasteiger partial charge is 0.223 e. The number of amides is 1. The first-order chi connectivity index (χ1) is 11.5. The van der Waals surface area contributed by atoms with Crippen LogP contribution in [0.5, 0.6) is 0 Å². The topological polar surface area (TPSA) is 80.5 Å². The molecule has 1 aromatic rings. The Balaban J connectivity index is 0.00000225. The first kappa shape index (κ1) is 20.2. The highest BCUT2D eigenvalue weighted by atomic mass is 35.5. The molecule has 2 aliphatic rings. The lowest BCUT2D eigenvalue weighted by Crippen LogP contribution is -2.47. The van der Waals surface area contributed by atoms with E-state index in [-0.39, 0.29) is 36.5 Å². The number of nitrogens with zero attached hydrogens (tertiary/aromatic N) is 1. The quantitative estimate of drug-likeness (QED) is 0.840. The van der Waals surface area contributed by atoms with Crippen LogP contribution in [-0.2, 0) is 27.5 Å². The van der Waals surface area contributed by atoms with Crippen molar-refractivity contribution in [3.05, 3.63) is 29.3 Å². The average molecular weight is 387 g/mol. The second-order valence-corrected chi connectivity index (χ2v) is 8.93. The molecule has 1 aliphatic carbocycles. The molecular weight excluding hydrogens is 360 g/mol. The minimum absolute atomic E-state index is 0. The number of halogens is 1. The third kappa shape index (κ3) is 4.54. The molecule has 7 heteroatoms. The van der Waals surface area contributed by atoms with E-state index in [4.69, 9.17) is 5.73 Å². The second-order valence-electron chi connectivity index (χ2n) is 6.83. The van der Waals surface area contributed by atoms with Gasteiger partial charge >= 0.3 is 0 Å². The largest absolute Gasteiger partial charge is 0.338 e.